The summed E-state index contributed by atoms with van der Waals surface area (Å²) in [5.74, 6) is 0.699. The Morgan fingerprint density at radius 2 is 2.43 bits per heavy atom. The first kappa shape index (κ1) is 11.3. The molecule has 0 saturated heterocycles. The molecular weight excluding hydrogens is 176 g/mol. The SMILES string of the molecule is CC(CCCN)CNCc1ccoc1. The van der Waals surface area contributed by atoms with Crippen LogP contribution in [0.5, 0.6) is 0 Å². The third-order valence-corrected chi connectivity index (χ3v) is 2.30. The fourth-order valence-corrected chi connectivity index (χ4v) is 1.42. The van der Waals surface area contributed by atoms with Gasteiger partial charge in [0.1, 0.15) is 0 Å². The lowest BCUT2D eigenvalue weighted by molar-refractivity contribution is 0.468. The number of hydrogen-bond acceptors (Lipinski definition) is 3. The van der Waals surface area contributed by atoms with Crippen LogP contribution < -0.4 is 11.1 Å². The predicted molar refractivity (Wildman–Crippen MR) is 57.9 cm³/mol. The molecule has 1 rings (SSSR count). The van der Waals surface area contributed by atoms with Crippen molar-refractivity contribution in [3.63, 3.8) is 0 Å². The van der Waals surface area contributed by atoms with E-state index in [1.54, 1.807) is 12.5 Å². The molecule has 0 aromatic carbocycles. The lowest BCUT2D eigenvalue weighted by Crippen LogP contribution is -2.21. The van der Waals surface area contributed by atoms with Gasteiger partial charge in [-0.15, -0.1) is 0 Å². The van der Waals surface area contributed by atoms with Crippen LogP contribution in [0.15, 0.2) is 23.0 Å². The molecule has 0 bridgehead atoms. The smallest absolute Gasteiger partial charge is 0.0947 e. The van der Waals surface area contributed by atoms with Crippen molar-refractivity contribution in [2.24, 2.45) is 11.7 Å². The molecule has 1 heterocycles. The van der Waals surface area contributed by atoms with Crippen molar-refractivity contribution in [3.8, 4) is 0 Å². The second kappa shape index (κ2) is 6.62. The van der Waals surface area contributed by atoms with Crippen LogP contribution in [0.2, 0.25) is 0 Å². The third kappa shape index (κ3) is 4.44. The maximum Gasteiger partial charge on any atom is 0.0947 e. The number of hydrogen-bond donors (Lipinski definition) is 2. The molecule has 3 heteroatoms. The molecule has 0 spiro atoms. The Hall–Kier alpha value is -0.800. The highest BCUT2D eigenvalue weighted by molar-refractivity contribution is 5.04. The van der Waals surface area contributed by atoms with Gasteiger partial charge < -0.3 is 15.5 Å². The summed E-state index contributed by atoms with van der Waals surface area (Å²) >= 11 is 0. The first-order valence-corrected chi connectivity index (χ1v) is 5.24. The van der Waals surface area contributed by atoms with Gasteiger partial charge in [-0.1, -0.05) is 6.92 Å². The van der Waals surface area contributed by atoms with E-state index in [1.807, 2.05) is 6.07 Å². The van der Waals surface area contributed by atoms with Crippen LogP contribution in [0.1, 0.15) is 25.3 Å². The summed E-state index contributed by atoms with van der Waals surface area (Å²) < 4.78 is 4.98. The minimum atomic E-state index is 0.699. The summed E-state index contributed by atoms with van der Waals surface area (Å²) in [7, 11) is 0. The molecule has 14 heavy (non-hydrogen) atoms. The summed E-state index contributed by atoms with van der Waals surface area (Å²) in [5.41, 5.74) is 6.65. The minimum Gasteiger partial charge on any atom is -0.472 e. The van der Waals surface area contributed by atoms with E-state index in [0.717, 1.165) is 26.1 Å². The van der Waals surface area contributed by atoms with Gasteiger partial charge in [0.15, 0.2) is 0 Å². The maximum atomic E-state index is 5.45. The Balaban J connectivity index is 2.03. The lowest BCUT2D eigenvalue weighted by Gasteiger charge is -2.10. The maximum absolute atomic E-state index is 5.45. The molecule has 1 atom stereocenters. The van der Waals surface area contributed by atoms with Crippen molar-refractivity contribution in [2.75, 3.05) is 13.1 Å². The fourth-order valence-electron chi connectivity index (χ4n) is 1.42. The first-order valence-electron chi connectivity index (χ1n) is 5.24. The molecule has 3 nitrogen and oxygen atoms in total. The Morgan fingerprint density at radius 1 is 1.57 bits per heavy atom. The van der Waals surface area contributed by atoms with E-state index in [2.05, 4.69) is 12.2 Å². The van der Waals surface area contributed by atoms with Gasteiger partial charge >= 0.3 is 0 Å². The summed E-state index contributed by atoms with van der Waals surface area (Å²) in [5, 5.41) is 3.40. The number of nitrogens with one attached hydrogen (secondary N) is 1. The van der Waals surface area contributed by atoms with Gasteiger partial charge in [-0.3, -0.25) is 0 Å². The van der Waals surface area contributed by atoms with Crippen molar-refractivity contribution in [1.29, 1.82) is 0 Å². The van der Waals surface area contributed by atoms with Crippen molar-refractivity contribution in [2.45, 2.75) is 26.3 Å². The zero-order valence-corrected chi connectivity index (χ0v) is 8.83. The largest absolute Gasteiger partial charge is 0.472 e. The molecule has 0 aliphatic carbocycles. The van der Waals surface area contributed by atoms with E-state index in [-0.39, 0.29) is 0 Å². The standard InChI is InChI=1S/C11H20N2O/c1-10(3-2-5-12)7-13-8-11-4-6-14-9-11/h4,6,9-10,13H,2-3,5,7-8,12H2,1H3. The van der Waals surface area contributed by atoms with Crippen molar-refractivity contribution in [3.05, 3.63) is 24.2 Å². The molecule has 0 radical (unpaired) electrons. The highest BCUT2D eigenvalue weighted by Crippen LogP contribution is 2.04. The van der Waals surface area contributed by atoms with E-state index < -0.39 is 0 Å². The highest BCUT2D eigenvalue weighted by Gasteiger charge is 2.01. The van der Waals surface area contributed by atoms with Crippen LogP contribution in [0.3, 0.4) is 0 Å². The quantitative estimate of drug-likeness (QED) is 0.698. The topological polar surface area (TPSA) is 51.2 Å². The van der Waals surface area contributed by atoms with Crippen LogP contribution >= 0.6 is 0 Å². The second-order valence-corrected chi connectivity index (χ2v) is 3.80. The molecule has 0 fully saturated rings. The van der Waals surface area contributed by atoms with Crippen LogP contribution in [0, 0.1) is 5.92 Å². The van der Waals surface area contributed by atoms with Crippen molar-refractivity contribution in [1.82, 2.24) is 5.32 Å². The Morgan fingerprint density at radius 3 is 3.07 bits per heavy atom. The van der Waals surface area contributed by atoms with Gasteiger partial charge in [0.2, 0.25) is 0 Å². The van der Waals surface area contributed by atoms with Gasteiger partial charge in [0.25, 0.3) is 0 Å². The van der Waals surface area contributed by atoms with E-state index in [4.69, 9.17) is 10.2 Å². The van der Waals surface area contributed by atoms with E-state index >= 15 is 0 Å². The van der Waals surface area contributed by atoms with E-state index in [1.165, 1.54) is 12.0 Å². The van der Waals surface area contributed by atoms with Crippen LogP contribution in [0.25, 0.3) is 0 Å². The average molecular weight is 196 g/mol. The van der Waals surface area contributed by atoms with Gasteiger partial charge in [-0.2, -0.15) is 0 Å². The predicted octanol–water partition coefficient (Wildman–Crippen LogP) is 1.74. The molecule has 1 aromatic heterocycles. The Kier molecular flexibility index (Phi) is 5.33. The number of furan rings is 1. The molecule has 0 aliphatic rings. The van der Waals surface area contributed by atoms with Crippen LogP contribution in [-0.4, -0.2) is 13.1 Å². The first-order chi connectivity index (χ1) is 6.83. The molecule has 0 aliphatic heterocycles. The van der Waals surface area contributed by atoms with E-state index in [0.29, 0.717) is 5.92 Å². The Bertz CT molecular complexity index is 221. The lowest BCUT2D eigenvalue weighted by atomic mass is 10.1. The molecule has 80 valence electrons. The molecule has 0 saturated carbocycles. The zero-order chi connectivity index (χ0) is 10.2. The zero-order valence-electron chi connectivity index (χ0n) is 8.83. The third-order valence-electron chi connectivity index (χ3n) is 2.30. The van der Waals surface area contributed by atoms with E-state index in [9.17, 15) is 0 Å². The van der Waals surface area contributed by atoms with Crippen molar-refractivity contribution < 1.29 is 4.42 Å². The monoisotopic (exact) mass is 196 g/mol. The summed E-state index contributed by atoms with van der Waals surface area (Å²) in [6, 6.07) is 1.98. The second-order valence-electron chi connectivity index (χ2n) is 3.80. The molecule has 1 aromatic rings. The van der Waals surface area contributed by atoms with Crippen molar-refractivity contribution >= 4 is 0 Å². The van der Waals surface area contributed by atoms with Gasteiger partial charge in [0.05, 0.1) is 12.5 Å². The number of nitrogens with two attached hydrogens (primary N) is 1. The van der Waals surface area contributed by atoms with Crippen LogP contribution in [0.4, 0.5) is 0 Å². The summed E-state index contributed by atoms with van der Waals surface area (Å²) in [6.45, 7) is 4.98. The van der Waals surface area contributed by atoms with Crippen LogP contribution in [-0.2, 0) is 6.54 Å². The Labute approximate surface area is 85.7 Å². The minimum absolute atomic E-state index is 0.699. The summed E-state index contributed by atoms with van der Waals surface area (Å²) in [4.78, 5) is 0. The highest BCUT2D eigenvalue weighted by atomic mass is 16.3. The summed E-state index contributed by atoms with van der Waals surface area (Å²) in [6.07, 6.45) is 5.80. The van der Waals surface area contributed by atoms with Gasteiger partial charge in [-0.05, 0) is 37.9 Å². The molecular formula is C11H20N2O. The molecule has 1 unspecified atom stereocenters. The van der Waals surface area contributed by atoms with Gasteiger partial charge in [-0.25, -0.2) is 0 Å². The van der Waals surface area contributed by atoms with Gasteiger partial charge in [0, 0.05) is 12.1 Å². The molecule has 3 N–H and O–H groups in total. The normalized spacial score (nSPS) is 13.0. The fraction of sp³-hybridized carbons (Fsp3) is 0.636. The molecule has 0 amide bonds. The number of rotatable bonds is 7. The average Bonchev–Trinajstić information content (AvgIpc) is 2.67.